The highest BCUT2D eigenvalue weighted by molar-refractivity contribution is 6.02. The minimum absolute atomic E-state index is 0.158. The lowest BCUT2D eigenvalue weighted by Crippen LogP contribution is -2.42. The summed E-state index contributed by atoms with van der Waals surface area (Å²) in [6, 6.07) is 12.0. The van der Waals surface area contributed by atoms with Crippen LogP contribution in [0.4, 0.5) is 5.69 Å². The highest BCUT2D eigenvalue weighted by atomic mass is 16.1. The molecule has 7 nitrogen and oxygen atoms in total. The Balaban J connectivity index is 1.08. The number of likely N-dealkylation sites (tertiary alicyclic amines) is 1. The summed E-state index contributed by atoms with van der Waals surface area (Å²) in [5.41, 5.74) is 5.05. The molecule has 6 rings (SSSR count). The van der Waals surface area contributed by atoms with Crippen molar-refractivity contribution in [2.24, 2.45) is 0 Å². The van der Waals surface area contributed by atoms with Gasteiger partial charge in [-0.3, -0.25) is 19.4 Å². The Labute approximate surface area is 193 Å². The summed E-state index contributed by atoms with van der Waals surface area (Å²) in [7, 11) is 0. The average molecular weight is 441 g/mol. The van der Waals surface area contributed by atoms with Crippen LogP contribution in [-0.4, -0.2) is 50.7 Å². The lowest BCUT2D eigenvalue weighted by molar-refractivity contribution is -0.111. The number of rotatable bonds is 7. The zero-order valence-corrected chi connectivity index (χ0v) is 18.5. The fraction of sp³-hybridized carbons (Fsp3) is 0.346. The lowest BCUT2D eigenvalue weighted by atomic mass is 10.0. The van der Waals surface area contributed by atoms with Crippen molar-refractivity contribution in [3.05, 3.63) is 72.3 Å². The Morgan fingerprint density at radius 2 is 2.03 bits per heavy atom. The first-order valence-corrected chi connectivity index (χ1v) is 11.8. The summed E-state index contributed by atoms with van der Waals surface area (Å²) in [4.78, 5) is 19.3. The summed E-state index contributed by atoms with van der Waals surface area (Å²) in [5, 5.41) is 11.0. The number of benzene rings is 1. The molecule has 168 valence electrons. The molecule has 1 aliphatic carbocycles. The summed E-state index contributed by atoms with van der Waals surface area (Å²) in [6.45, 7) is 3.20. The number of nitrogens with zero attached hydrogens (tertiary/aromatic N) is 4. The number of aromatic nitrogens is 3. The Morgan fingerprint density at radius 1 is 1.15 bits per heavy atom. The predicted octanol–water partition coefficient (Wildman–Crippen LogP) is 3.48. The van der Waals surface area contributed by atoms with Crippen LogP contribution in [0.2, 0.25) is 0 Å². The third kappa shape index (κ3) is 4.47. The average Bonchev–Trinajstić information content (AvgIpc) is 3.22. The molecule has 2 atom stereocenters. The molecule has 2 aliphatic heterocycles. The largest absolute Gasteiger partial charge is 0.323 e. The van der Waals surface area contributed by atoms with E-state index in [2.05, 4.69) is 43.9 Å². The van der Waals surface area contributed by atoms with Crippen LogP contribution in [-0.2, 0) is 11.3 Å². The number of pyridine rings is 1. The maximum atomic E-state index is 12.5. The second-order valence-electron chi connectivity index (χ2n) is 9.35. The summed E-state index contributed by atoms with van der Waals surface area (Å²) < 4.78 is 2.03. The molecule has 3 aliphatic rings. The second-order valence-corrected chi connectivity index (χ2v) is 9.35. The first-order chi connectivity index (χ1) is 16.2. The van der Waals surface area contributed by atoms with Gasteiger partial charge in [-0.05, 0) is 54.7 Å². The van der Waals surface area contributed by atoms with E-state index in [0.717, 1.165) is 42.0 Å². The number of fused-ring (bicyclic) bond motifs is 2. The van der Waals surface area contributed by atoms with Gasteiger partial charge in [0, 0.05) is 73.2 Å². The molecule has 2 saturated heterocycles. The van der Waals surface area contributed by atoms with Crippen LogP contribution in [0.25, 0.3) is 17.2 Å². The highest BCUT2D eigenvalue weighted by Crippen LogP contribution is 2.35. The van der Waals surface area contributed by atoms with Gasteiger partial charge in [0.1, 0.15) is 0 Å². The van der Waals surface area contributed by atoms with Gasteiger partial charge in [-0.1, -0.05) is 12.1 Å². The molecule has 0 spiro atoms. The Hall–Kier alpha value is -3.29. The fourth-order valence-electron chi connectivity index (χ4n) is 4.94. The first-order valence-electron chi connectivity index (χ1n) is 11.8. The zero-order valence-electron chi connectivity index (χ0n) is 18.5. The van der Waals surface area contributed by atoms with Crippen LogP contribution in [0.1, 0.15) is 36.4 Å². The van der Waals surface area contributed by atoms with E-state index in [1.807, 2.05) is 35.2 Å². The molecular formula is C26H28N6O. The molecule has 1 aromatic carbocycles. The quantitative estimate of drug-likeness (QED) is 0.550. The van der Waals surface area contributed by atoms with Gasteiger partial charge in [0.05, 0.1) is 12.2 Å². The van der Waals surface area contributed by atoms with Crippen molar-refractivity contribution < 1.29 is 4.79 Å². The van der Waals surface area contributed by atoms with Crippen LogP contribution in [0.15, 0.2) is 61.2 Å². The Kier molecular flexibility index (Phi) is 5.28. The molecule has 7 heteroatoms. The molecule has 2 aromatic heterocycles. The summed E-state index contributed by atoms with van der Waals surface area (Å²) in [6.07, 6.45) is 14.6. The van der Waals surface area contributed by atoms with E-state index in [1.165, 1.54) is 24.8 Å². The third-order valence-electron chi connectivity index (χ3n) is 6.88. The van der Waals surface area contributed by atoms with E-state index in [0.29, 0.717) is 18.1 Å². The van der Waals surface area contributed by atoms with Gasteiger partial charge in [-0.2, -0.15) is 5.10 Å². The number of nitrogens with one attached hydrogen (secondary N) is 2. The summed E-state index contributed by atoms with van der Waals surface area (Å²) in [5.74, 6) is -0.158. The SMILES string of the molecule is O=C(/C=C/c1cnccc1-c1cnn(C2CC2)c1)Nc1ccc(CN2C[C@@H]3CC2CN3)cc1. The van der Waals surface area contributed by atoms with E-state index in [9.17, 15) is 4.79 Å². The van der Waals surface area contributed by atoms with Crippen molar-refractivity contribution >= 4 is 17.7 Å². The van der Waals surface area contributed by atoms with Crippen LogP contribution < -0.4 is 10.6 Å². The molecular weight excluding hydrogens is 412 g/mol. The maximum Gasteiger partial charge on any atom is 0.248 e. The number of carbonyl (C=O) groups excluding carboxylic acids is 1. The molecule has 3 aromatic rings. The topological polar surface area (TPSA) is 75.1 Å². The van der Waals surface area contributed by atoms with Gasteiger partial charge in [0.2, 0.25) is 5.91 Å². The van der Waals surface area contributed by atoms with Gasteiger partial charge in [-0.15, -0.1) is 0 Å². The van der Waals surface area contributed by atoms with E-state index >= 15 is 0 Å². The van der Waals surface area contributed by atoms with E-state index in [4.69, 9.17) is 0 Å². The Morgan fingerprint density at radius 3 is 2.79 bits per heavy atom. The molecule has 0 radical (unpaired) electrons. The normalized spacial score (nSPS) is 22.3. The van der Waals surface area contributed by atoms with E-state index in [-0.39, 0.29) is 5.91 Å². The smallest absolute Gasteiger partial charge is 0.248 e. The fourth-order valence-corrected chi connectivity index (χ4v) is 4.94. The molecule has 33 heavy (non-hydrogen) atoms. The van der Waals surface area contributed by atoms with Crippen LogP contribution >= 0.6 is 0 Å². The van der Waals surface area contributed by atoms with Crippen molar-refractivity contribution in [2.75, 3.05) is 18.4 Å². The molecule has 2 bridgehead atoms. The summed E-state index contributed by atoms with van der Waals surface area (Å²) >= 11 is 0. The molecule has 1 unspecified atom stereocenters. The van der Waals surface area contributed by atoms with Crippen molar-refractivity contribution in [3.8, 4) is 11.1 Å². The molecule has 1 saturated carbocycles. The number of carbonyl (C=O) groups is 1. The van der Waals surface area contributed by atoms with Crippen molar-refractivity contribution in [1.29, 1.82) is 0 Å². The second kappa shape index (κ2) is 8.57. The van der Waals surface area contributed by atoms with Crippen molar-refractivity contribution in [2.45, 2.75) is 43.9 Å². The monoisotopic (exact) mass is 440 g/mol. The molecule has 1 amide bonds. The lowest BCUT2D eigenvalue weighted by Gasteiger charge is -2.27. The number of anilines is 1. The highest BCUT2D eigenvalue weighted by Gasteiger charge is 2.37. The first kappa shape index (κ1) is 20.3. The minimum Gasteiger partial charge on any atom is -0.323 e. The van der Waals surface area contributed by atoms with Crippen LogP contribution in [0.3, 0.4) is 0 Å². The van der Waals surface area contributed by atoms with Gasteiger partial charge in [-0.25, -0.2) is 0 Å². The Bertz CT molecular complexity index is 1180. The number of hydrogen-bond donors (Lipinski definition) is 2. The number of amides is 1. The third-order valence-corrected chi connectivity index (χ3v) is 6.88. The van der Waals surface area contributed by atoms with Gasteiger partial charge < -0.3 is 10.6 Å². The zero-order chi connectivity index (χ0) is 22.2. The maximum absolute atomic E-state index is 12.5. The van der Waals surface area contributed by atoms with Gasteiger partial charge in [0.15, 0.2) is 0 Å². The van der Waals surface area contributed by atoms with E-state index < -0.39 is 0 Å². The standard InChI is InChI=1S/C26H28N6O/c33-26(30-21-4-1-18(2-5-21)15-31-17-22-11-24(31)14-28-22)8-3-19-12-27-10-9-25(19)20-13-29-32(16-20)23-6-7-23/h1-5,8-10,12-13,16,22-24,28H,6-7,11,14-15,17H2,(H,30,33)/b8-3+/t22-,24?/m0/s1. The number of hydrogen-bond acceptors (Lipinski definition) is 5. The van der Waals surface area contributed by atoms with Crippen molar-refractivity contribution in [3.63, 3.8) is 0 Å². The van der Waals surface area contributed by atoms with Crippen LogP contribution in [0, 0.1) is 0 Å². The van der Waals surface area contributed by atoms with Gasteiger partial charge in [0.25, 0.3) is 0 Å². The molecule has 2 N–H and O–H groups in total. The predicted molar refractivity (Wildman–Crippen MR) is 128 cm³/mol. The minimum atomic E-state index is -0.158. The molecule has 3 fully saturated rings. The van der Waals surface area contributed by atoms with Crippen LogP contribution in [0.5, 0.6) is 0 Å². The molecule has 4 heterocycles. The van der Waals surface area contributed by atoms with E-state index in [1.54, 1.807) is 18.5 Å². The number of piperazine rings is 1. The van der Waals surface area contributed by atoms with Gasteiger partial charge >= 0.3 is 0 Å². The van der Waals surface area contributed by atoms with Crippen molar-refractivity contribution in [1.82, 2.24) is 25.0 Å².